The van der Waals surface area contributed by atoms with E-state index < -0.39 is 0 Å². The van der Waals surface area contributed by atoms with Gasteiger partial charge in [-0.15, -0.1) is 11.8 Å². The average Bonchev–Trinajstić information content (AvgIpc) is 2.26. The predicted octanol–water partition coefficient (Wildman–Crippen LogP) is 3.30. The van der Waals surface area contributed by atoms with Gasteiger partial charge in [0.1, 0.15) is 11.4 Å². The van der Waals surface area contributed by atoms with Crippen LogP contribution in [0.15, 0.2) is 47.8 Å². The Morgan fingerprint density at radius 1 is 1.33 bits per heavy atom. The normalized spacial score (nSPS) is 10.5. The van der Waals surface area contributed by atoms with Gasteiger partial charge in [0.05, 0.1) is 5.52 Å². The molecule has 0 saturated heterocycles. The lowest BCUT2D eigenvalue weighted by molar-refractivity contribution is 1.10. The van der Waals surface area contributed by atoms with Crippen LogP contribution in [0.5, 0.6) is 0 Å². The Morgan fingerprint density at radius 3 is 2.93 bits per heavy atom. The molecule has 0 fully saturated rings. The molecule has 1 heterocycles. The summed E-state index contributed by atoms with van der Waals surface area (Å²) in [5.74, 6) is 0.904. The van der Waals surface area contributed by atoms with E-state index in [4.69, 9.17) is 0 Å². The van der Waals surface area contributed by atoms with E-state index >= 15 is 0 Å². The summed E-state index contributed by atoms with van der Waals surface area (Å²) in [5, 5.41) is 2.15. The van der Waals surface area contributed by atoms with Gasteiger partial charge in [0.2, 0.25) is 0 Å². The summed E-state index contributed by atoms with van der Waals surface area (Å²) in [5.41, 5.74) is 2.15. The van der Waals surface area contributed by atoms with Gasteiger partial charge < -0.3 is 0 Å². The number of thioether (sulfide) groups is 1. The Balaban J connectivity index is 2.38. The first-order chi connectivity index (χ1) is 7.27. The minimum atomic E-state index is 0.904. The zero-order valence-corrected chi connectivity index (χ0v) is 9.42. The Hall–Kier alpha value is -1.35. The third kappa shape index (κ3) is 2.36. The third-order valence-corrected chi connectivity index (χ3v) is 3.20. The Kier molecular flexibility index (Phi) is 3.02. The molecule has 3 heteroatoms. The van der Waals surface area contributed by atoms with Crippen molar-refractivity contribution in [2.24, 2.45) is 0 Å². The van der Waals surface area contributed by atoms with Crippen molar-refractivity contribution < 1.29 is 0 Å². The molecule has 1 aromatic heterocycles. The molecule has 0 spiro atoms. The molecule has 2 rings (SSSR count). The molecule has 0 aliphatic heterocycles. The van der Waals surface area contributed by atoms with Crippen LogP contribution in [0.4, 0.5) is 0 Å². The molecule has 0 radical (unpaired) electrons. The highest BCUT2D eigenvalue weighted by Gasteiger charge is 2.02. The van der Waals surface area contributed by atoms with Crippen LogP contribution in [-0.2, 0) is 0 Å². The molecule has 15 heavy (non-hydrogen) atoms. The number of nitrogens with zero attached hydrogens (tertiary/aromatic N) is 2. The molecular weight excluding hydrogens is 204 g/mol. The fraction of sp³-hybridized carbons (Fsp3) is 0.167. The zero-order valence-electron chi connectivity index (χ0n) is 8.60. The lowest BCUT2D eigenvalue weighted by Crippen LogP contribution is -1.88. The lowest BCUT2D eigenvalue weighted by Gasteiger charge is -2.03. The van der Waals surface area contributed by atoms with Crippen molar-refractivity contribution in [1.82, 2.24) is 9.97 Å². The van der Waals surface area contributed by atoms with Crippen LogP contribution < -0.4 is 0 Å². The Bertz CT molecular complexity index is 488. The van der Waals surface area contributed by atoms with Gasteiger partial charge in [-0.25, -0.2) is 9.97 Å². The number of para-hydroxylation sites is 1. The van der Waals surface area contributed by atoms with Gasteiger partial charge in [0, 0.05) is 11.1 Å². The smallest absolute Gasteiger partial charge is 0.117 e. The Morgan fingerprint density at radius 2 is 2.13 bits per heavy atom. The van der Waals surface area contributed by atoms with Crippen molar-refractivity contribution in [3.05, 3.63) is 42.7 Å². The first kappa shape index (κ1) is 10.2. The molecule has 0 unspecified atom stereocenters. The summed E-state index contributed by atoms with van der Waals surface area (Å²) in [6, 6.07) is 8.05. The predicted molar refractivity (Wildman–Crippen MR) is 65.1 cm³/mol. The van der Waals surface area contributed by atoms with E-state index in [2.05, 4.69) is 22.6 Å². The van der Waals surface area contributed by atoms with Gasteiger partial charge >= 0.3 is 0 Å². The van der Waals surface area contributed by atoms with Crippen molar-refractivity contribution in [3.8, 4) is 0 Å². The van der Waals surface area contributed by atoms with Gasteiger partial charge in [-0.05, 0) is 13.0 Å². The first-order valence-corrected chi connectivity index (χ1v) is 5.73. The monoisotopic (exact) mass is 216 g/mol. The van der Waals surface area contributed by atoms with Crippen molar-refractivity contribution in [2.75, 3.05) is 5.75 Å². The minimum absolute atomic E-state index is 0.904. The van der Waals surface area contributed by atoms with E-state index in [-0.39, 0.29) is 0 Å². The van der Waals surface area contributed by atoms with Gasteiger partial charge in [-0.2, -0.15) is 0 Å². The summed E-state index contributed by atoms with van der Waals surface area (Å²) in [7, 11) is 0. The van der Waals surface area contributed by atoms with Gasteiger partial charge in [-0.1, -0.05) is 30.4 Å². The molecule has 2 nitrogen and oxygen atoms in total. The second-order valence-corrected chi connectivity index (χ2v) is 4.41. The van der Waals surface area contributed by atoms with Crippen molar-refractivity contribution in [2.45, 2.75) is 11.9 Å². The average molecular weight is 216 g/mol. The molecule has 0 saturated carbocycles. The molecule has 1 aromatic carbocycles. The topological polar surface area (TPSA) is 25.8 Å². The summed E-state index contributed by atoms with van der Waals surface area (Å²) in [4.78, 5) is 8.51. The number of rotatable bonds is 3. The molecule has 0 bridgehead atoms. The molecule has 76 valence electrons. The second-order valence-electron chi connectivity index (χ2n) is 3.44. The van der Waals surface area contributed by atoms with Crippen LogP contribution in [0.1, 0.15) is 6.92 Å². The highest BCUT2D eigenvalue weighted by Crippen LogP contribution is 2.24. The SMILES string of the molecule is C=C(C)CSc1ncnc2ccccc12. The fourth-order valence-electron chi connectivity index (χ4n) is 1.29. The molecule has 0 aliphatic rings. The third-order valence-electron chi connectivity index (χ3n) is 1.96. The summed E-state index contributed by atoms with van der Waals surface area (Å²) >= 11 is 1.71. The van der Waals surface area contributed by atoms with Crippen LogP contribution in [0.2, 0.25) is 0 Å². The van der Waals surface area contributed by atoms with Crippen molar-refractivity contribution >= 4 is 22.7 Å². The van der Waals surface area contributed by atoms with E-state index in [0.717, 1.165) is 27.3 Å². The number of hydrogen-bond donors (Lipinski definition) is 0. The lowest BCUT2D eigenvalue weighted by atomic mass is 10.2. The van der Waals surface area contributed by atoms with Crippen LogP contribution in [0.3, 0.4) is 0 Å². The molecule has 0 aliphatic carbocycles. The molecule has 0 N–H and O–H groups in total. The molecule has 0 atom stereocenters. The quantitative estimate of drug-likeness (QED) is 0.447. The summed E-state index contributed by atoms with van der Waals surface area (Å²) < 4.78 is 0. The number of fused-ring (bicyclic) bond motifs is 1. The molecule has 0 amide bonds. The van der Waals surface area contributed by atoms with Crippen LogP contribution in [-0.4, -0.2) is 15.7 Å². The highest BCUT2D eigenvalue weighted by atomic mass is 32.2. The maximum Gasteiger partial charge on any atom is 0.117 e. The summed E-state index contributed by atoms with van der Waals surface area (Å²) in [6.45, 7) is 5.91. The van der Waals surface area contributed by atoms with Gasteiger partial charge in [-0.3, -0.25) is 0 Å². The van der Waals surface area contributed by atoms with Crippen LogP contribution >= 0.6 is 11.8 Å². The Labute approximate surface area is 93.4 Å². The van der Waals surface area contributed by atoms with E-state index in [9.17, 15) is 0 Å². The van der Waals surface area contributed by atoms with Crippen molar-refractivity contribution in [1.29, 1.82) is 0 Å². The van der Waals surface area contributed by atoms with E-state index in [1.54, 1.807) is 18.1 Å². The highest BCUT2D eigenvalue weighted by molar-refractivity contribution is 7.99. The maximum atomic E-state index is 4.29. The second kappa shape index (κ2) is 4.45. The molecular formula is C12H12N2S. The summed E-state index contributed by atoms with van der Waals surface area (Å²) in [6.07, 6.45) is 1.61. The first-order valence-electron chi connectivity index (χ1n) is 4.74. The fourth-order valence-corrected chi connectivity index (χ4v) is 2.12. The molecule has 2 aromatic rings. The van der Waals surface area contributed by atoms with E-state index in [1.165, 1.54) is 0 Å². The number of hydrogen-bond acceptors (Lipinski definition) is 3. The maximum absolute atomic E-state index is 4.29. The van der Waals surface area contributed by atoms with Gasteiger partial charge in [0.15, 0.2) is 0 Å². The van der Waals surface area contributed by atoms with Crippen LogP contribution in [0.25, 0.3) is 10.9 Å². The minimum Gasteiger partial charge on any atom is -0.236 e. The van der Waals surface area contributed by atoms with Crippen molar-refractivity contribution in [3.63, 3.8) is 0 Å². The number of benzene rings is 1. The largest absolute Gasteiger partial charge is 0.236 e. The van der Waals surface area contributed by atoms with Gasteiger partial charge in [0.25, 0.3) is 0 Å². The standard InChI is InChI=1S/C12H12N2S/c1-9(2)7-15-12-10-5-3-4-6-11(10)13-8-14-12/h3-6,8H,1,7H2,2H3. The van der Waals surface area contributed by atoms with E-state index in [1.807, 2.05) is 25.1 Å². The number of aromatic nitrogens is 2. The van der Waals surface area contributed by atoms with E-state index in [0.29, 0.717) is 0 Å². The van der Waals surface area contributed by atoms with Crippen LogP contribution in [0, 0.1) is 0 Å². The zero-order chi connectivity index (χ0) is 10.7.